The summed E-state index contributed by atoms with van der Waals surface area (Å²) >= 11 is 0.749. The number of benzene rings is 1. The molecule has 0 aliphatic rings. The lowest BCUT2D eigenvalue weighted by Crippen LogP contribution is -2.43. The summed E-state index contributed by atoms with van der Waals surface area (Å²) in [6, 6.07) is 2.58. The van der Waals surface area contributed by atoms with Crippen LogP contribution in [-0.2, 0) is 11.8 Å². The maximum Gasteiger partial charge on any atom is 0.427 e. The first-order valence-electron chi connectivity index (χ1n) is 5.81. The highest BCUT2D eigenvalue weighted by atomic mass is 32.1. The molecule has 0 bridgehead atoms. The SMILES string of the molecule is N#Cc1ccc(C(O)(c2cscn2)C(F)(F)F)cc1C(F)(F)F. The van der Waals surface area contributed by atoms with Gasteiger partial charge in [0, 0.05) is 5.38 Å². The average molecular weight is 352 g/mol. The molecule has 0 spiro atoms. The van der Waals surface area contributed by atoms with Gasteiger partial charge in [-0.2, -0.15) is 31.6 Å². The van der Waals surface area contributed by atoms with Gasteiger partial charge in [-0.05, 0) is 17.7 Å². The van der Waals surface area contributed by atoms with Crippen LogP contribution in [0.4, 0.5) is 26.3 Å². The Hall–Kier alpha value is -2.12. The van der Waals surface area contributed by atoms with Crippen molar-refractivity contribution in [3.8, 4) is 6.07 Å². The van der Waals surface area contributed by atoms with Crippen LogP contribution in [0.5, 0.6) is 0 Å². The maximum absolute atomic E-state index is 13.3. The molecule has 0 aliphatic carbocycles. The number of aromatic nitrogens is 1. The molecule has 0 saturated carbocycles. The van der Waals surface area contributed by atoms with Crippen LogP contribution in [0.3, 0.4) is 0 Å². The summed E-state index contributed by atoms with van der Waals surface area (Å²) in [5.41, 5.74) is -7.00. The molecule has 1 atom stereocenters. The molecule has 0 radical (unpaired) electrons. The molecule has 23 heavy (non-hydrogen) atoms. The highest BCUT2D eigenvalue weighted by Gasteiger charge is 2.58. The quantitative estimate of drug-likeness (QED) is 0.836. The highest BCUT2D eigenvalue weighted by Crippen LogP contribution is 2.45. The van der Waals surface area contributed by atoms with Crippen molar-refractivity contribution in [1.82, 2.24) is 4.98 Å². The van der Waals surface area contributed by atoms with Gasteiger partial charge in [0.1, 0.15) is 0 Å². The second-order valence-electron chi connectivity index (χ2n) is 4.45. The molecular formula is C13H6F6N2OS. The monoisotopic (exact) mass is 352 g/mol. The van der Waals surface area contributed by atoms with Crippen molar-refractivity contribution < 1.29 is 31.4 Å². The molecule has 2 aromatic rings. The molecular weight excluding hydrogens is 346 g/mol. The third-order valence-corrected chi connectivity index (χ3v) is 3.66. The van der Waals surface area contributed by atoms with E-state index < -0.39 is 40.3 Å². The number of nitriles is 1. The molecule has 1 aromatic carbocycles. The third-order valence-electron chi connectivity index (χ3n) is 3.08. The molecule has 1 N–H and O–H groups in total. The van der Waals surface area contributed by atoms with E-state index in [2.05, 4.69) is 4.98 Å². The minimum atomic E-state index is -5.31. The Bertz CT molecular complexity index is 747. The van der Waals surface area contributed by atoms with Crippen molar-refractivity contribution >= 4 is 11.3 Å². The smallest absolute Gasteiger partial charge is 0.371 e. The number of aliphatic hydroxyl groups is 1. The lowest BCUT2D eigenvalue weighted by molar-refractivity contribution is -0.249. The van der Waals surface area contributed by atoms with Gasteiger partial charge in [-0.1, -0.05) is 6.07 Å². The Morgan fingerprint density at radius 1 is 1.13 bits per heavy atom. The Morgan fingerprint density at radius 3 is 2.22 bits per heavy atom. The first-order valence-corrected chi connectivity index (χ1v) is 6.75. The highest BCUT2D eigenvalue weighted by molar-refractivity contribution is 7.07. The van der Waals surface area contributed by atoms with Crippen molar-refractivity contribution in [2.45, 2.75) is 18.0 Å². The number of alkyl halides is 6. The minimum absolute atomic E-state index is 0.116. The zero-order valence-corrected chi connectivity index (χ0v) is 11.7. The minimum Gasteiger partial charge on any atom is -0.371 e. The van der Waals surface area contributed by atoms with Gasteiger partial charge in [0.05, 0.1) is 28.4 Å². The number of rotatable bonds is 2. The van der Waals surface area contributed by atoms with E-state index in [0.717, 1.165) is 22.2 Å². The van der Waals surface area contributed by atoms with E-state index >= 15 is 0 Å². The van der Waals surface area contributed by atoms with E-state index in [9.17, 15) is 31.4 Å². The maximum atomic E-state index is 13.3. The van der Waals surface area contributed by atoms with E-state index in [1.54, 1.807) is 0 Å². The van der Waals surface area contributed by atoms with Gasteiger partial charge in [-0.3, -0.25) is 0 Å². The van der Waals surface area contributed by atoms with Gasteiger partial charge in [0.2, 0.25) is 5.60 Å². The number of hydrogen-bond donors (Lipinski definition) is 1. The zero-order chi connectivity index (χ0) is 17.5. The summed E-state index contributed by atoms with van der Waals surface area (Å²) < 4.78 is 78.7. The van der Waals surface area contributed by atoms with Crippen LogP contribution in [-0.4, -0.2) is 16.3 Å². The van der Waals surface area contributed by atoms with Crippen LogP contribution in [0.2, 0.25) is 0 Å². The Morgan fingerprint density at radius 2 is 1.78 bits per heavy atom. The Kier molecular flexibility index (Phi) is 4.13. The van der Waals surface area contributed by atoms with E-state index in [1.165, 1.54) is 6.07 Å². The summed E-state index contributed by atoms with van der Waals surface area (Å²) in [6.07, 6.45) is -10.4. The fraction of sp³-hybridized carbons (Fsp3) is 0.231. The molecule has 122 valence electrons. The summed E-state index contributed by atoms with van der Waals surface area (Å²) in [6.45, 7) is 0. The summed E-state index contributed by atoms with van der Waals surface area (Å²) in [7, 11) is 0. The molecule has 1 aromatic heterocycles. The van der Waals surface area contributed by atoms with Crippen molar-refractivity contribution in [1.29, 1.82) is 5.26 Å². The molecule has 0 amide bonds. The summed E-state index contributed by atoms with van der Waals surface area (Å²) in [5.74, 6) is 0. The fourth-order valence-electron chi connectivity index (χ4n) is 1.95. The van der Waals surface area contributed by atoms with E-state index in [4.69, 9.17) is 5.26 Å². The first-order chi connectivity index (χ1) is 10.5. The third kappa shape index (κ3) is 2.89. The van der Waals surface area contributed by atoms with Crippen LogP contribution in [0.25, 0.3) is 0 Å². The summed E-state index contributed by atoms with van der Waals surface area (Å²) in [5, 5.41) is 19.7. The van der Waals surface area contributed by atoms with E-state index in [1.807, 2.05) is 0 Å². The van der Waals surface area contributed by atoms with Gasteiger partial charge in [-0.25, -0.2) is 4.98 Å². The second-order valence-corrected chi connectivity index (χ2v) is 5.17. The molecule has 0 fully saturated rings. The number of nitrogens with zero attached hydrogens (tertiary/aromatic N) is 2. The molecule has 0 saturated heterocycles. The van der Waals surface area contributed by atoms with Crippen molar-refractivity contribution in [2.75, 3.05) is 0 Å². The van der Waals surface area contributed by atoms with Crippen molar-refractivity contribution in [3.63, 3.8) is 0 Å². The summed E-state index contributed by atoms with van der Waals surface area (Å²) in [4.78, 5) is 3.37. The Labute approximate surface area is 129 Å². The van der Waals surface area contributed by atoms with Crippen LogP contribution < -0.4 is 0 Å². The van der Waals surface area contributed by atoms with E-state index in [0.29, 0.717) is 12.1 Å². The average Bonchev–Trinajstić information content (AvgIpc) is 2.98. The van der Waals surface area contributed by atoms with Crippen LogP contribution in [0, 0.1) is 11.3 Å². The predicted molar refractivity (Wildman–Crippen MR) is 67.3 cm³/mol. The van der Waals surface area contributed by atoms with Gasteiger partial charge >= 0.3 is 12.4 Å². The molecule has 3 nitrogen and oxygen atoms in total. The number of hydrogen-bond acceptors (Lipinski definition) is 4. The van der Waals surface area contributed by atoms with Crippen molar-refractivity contribution in [3.05, 3.63) is 51.5 Å². The van der Waals surface area contributed by atoms with Gasteiger partial charge in [0.15, 0.2) is 0 Å². The van der Waals surface area contributed by atoms with Crippen LogP contribution in [0.15, 0.2) is 29.1 Å². The lowest BCUT2D eigenvalue weighted by atomic mass is 9.88. The Balaban J connectivity index is 2.75. The van der Waals surface area contributed by atoms with Crippen molar-refractivity contribution in [2.24, 2.45) is 0 Å². The predicted octanol–water partition coefficient (Wildman–Crippen LogP) is 3.83. The first kappa shape index (κ1) is 17.2. The zero-order valence-electron chi connectivity index (χ0n) is 10.9. The molecule has 1 unspecified atom stereocenters. The molecule has 0 aliphatic heterocycles. The van der Waals surface area contributed by atoms with Gasteiger partial charge in [-0.15, -0.1) is 11.3 Å². The second kappa shape index (κ2) is 5.50. The number of halogens is 6. The standard InChI is InChI=1S/C13H6F6N2OS/c14-12(15,16)9-3-8(2-1-7(9)4-20)11(22,13(17,18)19)10-5-23-6-21-10/h1-3,5-6,22H. The van der Waals surface area contributed by atoms with Crippen LogP contribution >= 0.6 is 11.3 Å². The van der Waals surface area contributed by atoms with Crippen LogP contribution in [0.1, 0.15) is 22.4 Å². The van der Waals surface area contributed by atoms with Gasteiger partial charge in [0.25, 0.3) is 0 Å². The topological polar surface area (TPSA) is 56.9 Å². The number of thiazole rings is 1. The van der Waals surface area contributed by atoms with E-state index in [-0.39, 0.29) is 6.07 Å². The molecule has 2 rings (SSSR count). The lowest BCUT2D eigenvalue weighted by Gasteiger charge is -2.30. The van der Waals surface area contributed by atoms with Gasteiger partial charge < -0.3 is 5.11 Å². The largest absolute Gasteiger partial charge is 0.427 e. The molecule has 10 heteroatoms. The molecule has 1 heterocycles. The fourth-order valence-corrected chi connectivity index (χ4v) is 2.54. The normalized spacial score (nSPS) is 15.0.